The van der Waals surface area contributed by atoms with Gasteiger partial charge >= 0.3 is 0 Å². The normalized spacial score (nSPS) is 10.8. The average Bonchev–Trinajstić information content (AvgIpc) is 2.75. The summed E-state index contributed by atoms with van der Waals surface area (Å²) in [5, 5.41) is 4.43. The SMILES string of the molecule is CC(C)n1ccc(COc2cccc(Br)c2)n1. The van der Waals surface area contributed by atoms with Crippen LogP contribution < -0.4 is 4.74 Å². The largest absolute Gasteiger partial charge is 0.487 e. The molecule has 1 aromatic carbocycles. The second-order valence-corrected chi connectivity index (χ2v) is 5.04. The summed E-state index contributed by atoms with van der Waals surface area (Å²) >= 11 is 3.41. The van der Waals surface area contributed by atoms with Gasteiger partial charge < -0.3 is 4.74 Å². The maximum Gasteiger partial charge on any atom is 0.132 e. The van der Waals surface area contributed by atoms with Crippen molar-refractivity contribution in [3.63, 3.8) is 0 Å². The molecule has 90 valence electrons. The Kier molecular flexibility index (Phi) is 3.84. The van der Waals surface area contributed by atoms with Crippen molar-refractivity contribution < 1.29 is 4.74 Å². The summed E-state index contributed by atoms with van der Waals surface area (Å²) in [7, 11) is 0. The third kappa shape index (κ3) is 3.33. The third-order valence-corrected chi connectivity index (χ3v) is 2.87. The van der Waals surface area contributed by atoms with Crippen LogP contribution in [0.15, 0.2) is 41.0 Å². The van der Waals surface area contributed by atoms with Crippen molar-refractivity contribution in [3.8, 4) is 5.75 Å². The molecule has 17 heavy (non-hydrogen) atoms. The summed E-state index contributed by atoms with van der Waals surface area (Å²) < 4.78 is 8.61. The van der Waals surface area contributed by atoms with Crippen molar-refractivity contribution in [2.45, 2.75) is 26.5 Å². The number of benzene rings is 1. The highest BCUT2D eigenvalue weighted by atomic mass is 79.9. The molecule has 0 spiro atoms. The van der Waals surface area contributed by atoms with Crippen molar-refractivity contribution in [2.24, 2.45) is 0 Å². The molecule has 0 bridgehead atoms. The molecule has 0 unspecified atom stereocenters. The van der Waals surface area contributed by atoms with Crippen LogP contribution in [0.5, 0.6) is 5.75 Å². The van der Waals surface area contributed by atoms with E-state index in [4.69, 9.17) is 4.74 Å². The quantitative estimate of drug-likeness (QED) is 0.857. The van der Waals surface area contributed by atoms with Gasteiger partial charge in [0.25, 0.3) is 0 Å². The molecule has 2 aromatic rings. The van der Waals surface area contributed by atoms with Gasteiger partial charge in [0.2, 0.25) is 0 Å². The number of halogens is 1. The van der Waals surface area contributed by atoms with Crippen molar-refractivity contribution in [1.82, 2.24) is 9.78 Å². The van der Waals surface area contributed by atoms with Gasteiger partial charge in [-0.05, 0) is 38.1 Å². The molecule has 0 fully saturated rings. The predicted molar refractivity (Wildman–Crippen MR) is 71.1 cm³/mol. The lowest BCUT2D eigenvalue weighted by Crippen LogP contribution is -2.03. The fraction of sp³-hybridized carbons (Fsp3) is 0.308. The number of ether oxygens (including phenoxy) is 1. The van der Waals surface area contributed by atoms with Gasteiger partial charge in [-0.3, -0.25) is 4.68 Å². The summed E-state index contributed by atoms with van der Waals surface area (Å²) in [6, 6.07) is 10.2. The van der Waals surface area contributed by atoms with Crippen LogP contribution in [0.1, 0.15) is 25.6 Å². The summed E-state index contributed by atoms with van der Waals surface area (Å²) in [5.74, 6) is 0.846. The second kappa shape index (κ2) is 5.36. The first-order valence-electron chi connectivity index (χ1n) is 5.57. The van der Waals surface area contributed by atoms with Gasteiger partial charge in [-0.2, -0.15) is 5.10 Å². The van der Waals surface area contributed by atoms with Crippen molar-refractivity contribution in [2.75, 3.05) is 0 Å². The molecule has 1 heterocycles. The molecule has 0 aliphatic rings. The fourth-order valence-corrected chi connectivity index (χ4v) is 1.83. The minimum Gasteiger partial charge on any atom is -0.487 e. The molecule has 0 aliphatic carbocycles. The monoisotopic (exact) mass is 294 g/mol. The number of hydrogen-bond acceptors (Lipinski definition) is 2. The highest BCUT2D eigenvalue weighted by molar-refractivity contribution is 9.10. The highest BCUT2D eigenvalue weighted by Crippen LogP contribution is 2.18. The van der Waals surface area contributed by atoms with Crippen molar-refractivity contribution in [3.05, 3.63) is 46.7 Å². The van der Waals surface area contributed by atoms with Crippen LogP contribution in [-0.4, -0.2) is 9.78 Å². The maximum atomic E-state index is 5.66. The molecule has 0 amide bonds. The maximum absolute atomic E-state index is 5.66. The standard InChI is InChI=1S/C13H15BrN2O/c1-10(2)16-7-6-12(15-16)9-17-13-5-3-4-11(14)8-13/h3-8,10H,9H2,1-2H3. The fourth-order valence-electron chi connectivity index (χ4n) is 1.46. The third-order valence-electron chi connectivity index (χ3n) is 2.38. The molecule has 3 nitrogen and oxygen atoms in total. The van der Waals surface area contributed by atoms with Crippen LogP contribution >= 0.6 is 15.9 Å². The van der Waals surface area contributed by atoms with Gasteiger partial charge in [-0.15, -0.1) is 0 Å². The van der Waals surface area contributed by atoms with E-state index in [2.05, 4.69) is 34.9 Å². The highest BCUT2D eigenvalue weighted by Gasteiger charge is 2.03. The Hall–Kier alpha value is -1.29. The van der Waals surface area contributed by atoms with Crippen molar-refractivity contribution in [1.29, 1.82) is 0 Å². The molecule has 0 saturated heterocycles. The summed E-state index contributed by atoms with van der Waals surface area (Å²) in [5.41, 5.74) is 0.943. The van der Waals surface area contributed by atoms with Crippen LogP contribution in [0.3, 0.4) is 0 Å². The molecule has 0 N–H and O–H groups in total. The van der Waals surface area contributed by atoms with Crippen molar-refractivity contribution >= 4 is 15.9 Å². The molecular formula is C13H15BrN2O. The first-order valence-corrected chi connectivity index (χ1v) is 6.37. The Labute approximate surface area is 110 Å². The van der Waals surface area contributed by atoms with E-state index < -0.39 is 0 Å². The number of hydrogen-bond donors (Lipinski definition) is 0. The lowest BCUT2D eigenvalue weighted by molar-refractivity contribution is 0.298. The predicted octanol–water partition coefficient (Wildman–Crippen LogP) is 3.81. The second-order valence-electron chi connectivity index (χ2n) is 4.13. The molecule has 0 aliphatic heterocycles. The van der Waals surface area contributed by atoms with Gasteiger partial charge in [0.15, 0.2) is 0 Å². The van der Waals surface area contributed by atoms with E-state index in [-0.39, 0.29) is 0 Å². The molecule has 2 rings (SSSR count). The van der Waals surface area contributed by atoms with Crippen LogP contribution in [0.2, 0.25) is 0 Å². The lowest BCUT2D eigenvalue weighted by atomic mass is 10.3. The molecule has 0 atom stereocenters. The van der Waals surface area contributed by atoms with Gasteiger partial charge in [0.05, 0.1) is 5.69 Å². The number of rotatable bonds is 4. The van der Waals surface area contributed by atoms with E-state index >= 15 is 0 Å². The summed E-state index contributed by atoms with van der Waals surface area (Å²) in [4.78, 5) is 0. The Morgan fingerprint density at radius 3 is 2.82 bits per heavy atom. The van der Waals surface area contributed by atoms with E-state index in [9.17, 15) is 0 Å². The Morgan fingerprint density at radius 2 is 2.18 bits per heavy atom. The van der Waals surface area contributed by atoms with Crippen LogP contribution in [0, 0.1) is 0 Å². The van der Waals surface area contributed by atoms with Crippen LogP contribution in [0.25, 0.3) is 0 Å². The minimum absolute atomic E-state index is 0.384. The lowest BCUT2D eigenvalue weighted by Gasteiger charge is -2.05. The number of nitrogens with zero attached hydrogens (tertiary/aromatic N) is 2. The summed E-state index contributed by atoms with van der Waals surface area (Å²) in [6.07, 6.45) is 1.98. The first kappa shape index (κ1) is 12.2. The van der Waals surface area contributed by atoms with Crippen LogP contribution in [0.4, 0.5) is 0 Å². The Morgan fingerprint density at radius 1 is 1.35 bits per heavy atom. The zero-order valence-corrected chi connectivity index (χ0v) is 11.5. The minimum atomic E-state index is 0.384. The van der Waals surface area contributed by atoms with E-state index in [1.807, 2.05) is 41.2 Å². The topological polar surface area (TPSA) is 27.1 Å². The molecule has 4 heteroatoms. The van der Waals surface area contributed by atoms with E-state index in [1.54, 1.807) is 0 Å². The van der Waals surface area contributed by atoms with E-state index in [1.165, 1.54) is 0 Å². The average molecular weight is 295 g/mol. The molecule has 0 saturated carbocycles. The van der Waals surface area contributed by atoms with E-state index in [0.29, 0.717) is 12.6 Å². The van der Waals surface area contributed by atoms with Crippen LogP contribution in [-0.2, 0) is 6.61 Å². The van der Waals surface area contributed by atoms with Gasteiger partial charge in [-0.25, -0.2) is 0 Å². The molecule has 0 radical (unpaired) electrons. The number of aromatic nitrogens is 2. The van der Waals surface area contributed by atoms with Gasteiger partial charge in [0, 0.05) is 16.7 Å². The van der Waals surface area contributed by atoms with E-state index in [0.717, 1.165) is 15.9 Å². The Balaban J connectivity index is 1.97. The molecule has 1 aromatic heterocycles. The zero-order valence-electron chi connectivity index (χ0n) is 9.93. The molecular weight excluding hydrogens is 280 g/mol. The summed E-state index contributed by atoms with van der Waals surface area (Å²) in [6.45, 7) is 4.70. The smallest absolute Gasteiger partial charge is 0.132 e. The zero-order chi connectivity index (χ0) is 12.3. The Bertz CT molecular complexity index is 494. The van der Waals surface area contributed by atoms with Gasteiger partial charge in [0.1, 0.15) is 12.4 Å². The first-order chi connectivity index (χ1) is 8.15. The van der Waals surface area contributed by atoms with Gasteiger partial charge in [-0.1, -0.05) is 22.0 Å².